The molecule has 0 radical (unpaired) electrons. The second-order valence-electron chi connectivity index (χ2n) is 5.09. The van der Waals surface area contributed by atoms with Gasteiger partial charge >= 0.3 is 0 Å². The Hall–Kier alpha value is -0.570. The summed E-state index contributed by atoms with van der Waals surface area (Å²) in [5, 5.41) is 9.93. The number of β-amino-alcohol motifs (C(OH)–C–C–N with tert-alkyl or cyclic N) is 1. The smallest absolute Gasteiger partial charge is 0.0959 e. The maximum absolute atomic E-state index is 9.93. The molecule has 1 heterocycles. The van der Waals surface area contributed by atoms with Gasteiger partial charge in [-0.3, -0.25) is 4.99 Å². The number of unbranched alkanes of at least 4 members (excludes halogenated alkanes) is 5. The lowest BCUT2D eigenvalue weighted by molar-refractivity contribution is 0.133. The maximum atomic E-state index is 9.93. The minimum absolute atomic E-state index is 0.176. The third-order valence-corrected chi connectivity index (χ3v) is 3.49. The number of nitrogens with zero attached hydrogens (tertiary/aromatic N) is 2. The third-order valence-electron chi connectivity index (χ3n) is 3.49. The zero-order chi connectivity index (χ0) is 12.5. The fourth-order valence-electron chi connectivity index (χ4n) is 2.32. The maximum Gasteiger partial charge on any atom is 0.0959 e. The topological polar surface area (TPSA) is 35.8 Å². The summed E-state index contributed by atoms with van der Waals surface area (Å²) in [6, 6.07) is 0. The summed E-state index contributed by atoms with van der Waals surface area (Å²) in [5.41, 5.74) is 0. The summed E-state index contributed by atoms with van der Waals surface area (Å²) in [7, 11) is 0. The highest BCUT2D eigenvalue weighted by Gasteiger charge is 2.15. The standard InChI is InChI=1S/C14H28N2O/c1-3-4-5-6-7-8-9-14(17)12-16-11-10-15-13(16)2/h14,17H,3-12H2,1-2H3. The molecule has 0 bridgehead atoms. The first-order chi connectivity index (χ1) is 8.24. The predicted molar refractivity (Wildman–Crippen MR) is 73.5 cm³/mol. The van der Waals surface area contributed by atoms with Crippen molar-refractivity contribution in [2.45, 2.75) is 64.9 Å². The SMILES string of the molecule is CCCCCCCCC(O)CN1CCN=C1C. The predicted octanol–water partition coefficient (Wildman–Crippen LogP) is 2.83. The molecule has 3 heteroatoms. The van der Waals surface area contributed by atoms with Crippen molar-refractivity contribution in [1.29, 1.82) is 0 Å². The molecule has 0 spiro atoms. The van der Waals surface area contributed by atoms with E-state index >= 15 is 0 Å². The largest absolute Gasteiger partial charge is 0.391 e. The molecule has 1 aliphatic heterocycles. The van der Waals surface area contributed by atoms with Crippen molar-refractivity contribution in [3.8, 4) is 0 Å². The average molecular weight is 240 g/mol. The molecule has 1 atom stereocenters. The van der Waals surface area contributed by atoms with E-state index in [4.69, 9.17) is 0 Å². The van der Waals surface area contributed by atoms with Crippen LogP contribution in [0.5, 0.6) is 0 Å². The van der Waals surface area contributed by atoms with Crippen LogP contribution in [-0.2, 0) is 0 Å². The van der Waals surface area contributed by atoms with E-state index in [9.17, 15) is 5.11 Å². The number of aliphatic hydroxyl groups is 1. The van der Waals surface area contributed by atoms with E-state index < -0.39 is 0 Å². The summed E-state index contributed by atoms with van der Waals surface area (Å²) in [5.74, 6) is 1.09. The van der Waals surface area contributed by atoms with Crippen molar-refractivity contribution in [2.24, 2.45) is 4.99 Å². The minimum atomic E-state index is -0.176. The fourth-order valence-corrected chi connectivity index (χ4v) is 2.32. The van der Waals surface area contributed by atoms with E-state index in [0.29, 0.717) is 0 Å². The van der Waals surface area contributed by atoms with Gasteiger partial charge < -0.3 is 10.0 Å². The molecule has 17 heavy (non-hydrogen) atoms. The highest BCUT2D eigenvalue weighted by molar-refractivity contribution is 5.81. The number of aliphatic imine (C=N–C) groups is 1. The van der Waals surface area contributed by atoms with Crippen molar-refractivity contribution >= 4 is 5.84 Å². The van der Waals surface area contributed by atoms with Gasteiger partial charge in [-0.25, -0.2) is 0 Å². The van der Waals surface area contributed by atoms with Crippen molar-refractivity contribution in [3.63, 3.8) is 0 Å². The highest BCUT2D eigenvalue weighted by Crippen LogP contribution is 2.10. The summed E-state index contributed by atoms with van der Waals surface area (Å²) in [4.78, 5) is 6.53. The molecule has 0 aromatic rings. The monoisotopic (exact) mass is 240 g/mol. The molecule has 0 amide bonds. The van der Waals surface area contributed by atoms with Crippen molar-refractivity contribution in [1.82, 2.24) is 4.90 Å². The quantitative estimate of drug-likeness (QED) is 0.629. The fraction of sp³-hybridized carbons (Fsp3) is 0.929. The molecule has 1 unspecified atom stereocenters. The van der Waals surface area contributed by atoms with Gasteiger partial charge in [0.1, 0.15) is 0 Å². The lowest BCUT2D eigenvalue weighted by Crippen LogP contribution is -2.33. The van der Waals surface area contributed by atoms with Gasteiger partial charge in [-0.1, -0.05) is 45.4 Å². The van der Waals surface area contributed by atoms with Crippen molar-refractivity contribution < 1.29 is 5.11 Å². The Morgan fingerprint density at radius 3 is 2.59 bits per heavy atom. The third kappa shape index (κ3) is 6.06. The summed E-state index contributed by atoms with van der Waals surface area (Å²) >= 11 is 0. The molecule has 0 saturated carbocycles. The average Bonchev–Trinajstić information content (AvgIpc) is 2.69. The molecule has 1 rings (SSSR count). The van der Waals surface area contributed by atoms with Gasteiger partial charge in [-0.2, -0.15) is 0 Å². The molecule has 0 aliphatic carbocycles. The zero-order valence-corrected chi connectivity index (χ0v) is 11.5. The minimum Gasteiger partial charge on any atom is -0.391 e. The first kappa shape index (κ1) is 14.5. The van der Waals surface area contributed by atoms with Crippen molar-refractivity contribution in [2.75, 3.05) is 19.6 Å². The van der Waals surface area contributed by atoms with Crippen LogP contribution in [0.15, 0.2) is 4.99 Å². The summed E-state index contributed by atoms with van der Waals surface area (Å²) in [6.45, 7) is 6.92. The van der Waals surface area contributed by atoms with Crippen LogP contribution in [0.25, 0.3) is 0 Å². The van der Waals surface area contributed by atoms with Crippen LogP contribution in [-0.4, -0.2) is 41.6 Å². The Morgan fingerprint density at radius 1 is 1.24 bits per heavy atom. The molecule has 0 aromatic heterocycles. The second kappa shape index (κ2) is 8.51. The van der Waals surface area contributed by atoms with E-state index in [1.165, 1.54) is 32.1 Å². The molecular weight excluding hydrogens is 212 g/mol. The van der Waals surface area contributed by atoms with Crippen molar-refractivity contribution in [3.05, 3.63) is 0 Å². The highest BCUT2D eigenvalue weighted by atomic mass is 16.3. The number of hydrogen-bond acceptors (Lipinski definition) is 3. The lowest BCUT2D eigenvalue weighted by Gasteiger charge is -2.21. The number of aliphatic hydroxyl groups excluding tert-OH is 1. The normalized spacial score (nSPS) is 17.4. The van der Waals surface area contributed by atoms with E-state index in [0.717, 1.165) is 38.3 Å². The molecule has 0 aromatic carbocycles. The van der Waals surface area contributed by atoms with E-state index in [-0.39, 0.29) is 6.10 Å². The molecule has 1 N–H and O–H groups in total. The van der Waals surface area contributed by atoms with Crippen LogP contribution in [0, 0.1) is 0 Å². The molecule has 0 fully saturated rings. The Balaban J connectivity index is 1.98. The van der Waals surface area contributed by atoms with Gasteiger partial charge in [0, 0.05) is 13.1 Å². The van der Waals surface area contributed by atoms with Crippen LogP contribution in [0.3, 0.4) is 0 Å². The van der Waals surface area contributed by atoms with Crippen LogP contribution in [0.4, 0.5) is 0 Å². The molecule has 1 aliphatic rings. The van der Waals surface area contributed by atoms with Gasteiger partial charge in [0.25, 0.3) is 0 Å². The number of rotatable bonds is 9. The van der Waals surface area contributed by atoms with Crippen LogP contribution in [0.2, 0.25) is 0 Å². The van der Waals surface area contributed by atoms with E-state index in [1.54, 1.807) is 0 Å². The Morgan fingerprint density at radius 2 is 1.94 bits per heavy atom. The van der Waals surface area contributed by atoms with Gasteiger partial charge in [-0.05, 0) is 13.3 Å². The summed E-state index contributed by atoms with van der Waals surface area (Å²) < 4.78 is 0. The molecule has 0 saturated heterocycles. The molecule has 3 nitrogen and oxygen atoms in total. The van der Waals surface area contributed by atoms with Gasteiger partial charge in [0.2, 0.25) is 0 Å². The number of amidine groups is 1. The van der Waals surface area contributed by atoms with Gasteiger partial charge in [0.05, 0.1) is 18.5 Å². The Kier molecular flexibility index (Phi) is 7.25. The van der Waals surface area contributed by atoms with Gasteiger partial charge in [0.15, 0.2) is 0 Å². The van der Waals surface area contributed by atoms with E-state index in [2.05, 4.69) is 16.8 Å². The van der Waals surface area contributed by atoms with Crippen LogP contribution >= 0.6 is 0 Å². The van der Waals surface area contributed by atoms with E-state index in [1.807, 2.05) is 6.92 Å². The zero-order valence-electron chi connectivity index (χ0n) is 11.5. The second-order valence-corrected chi connectivity index (χ2v) is 5.09. The number of hydrogen-bond donors (Lipinski definition) is 1. The summed E-state index contributed by atoms with van der Waals surface area (Å²) in [6.07, 6.45) is 8.52. The van der Waals surface area contributed by atoms with Gasteiger partial charge in [-0.15, -0.1) is 0 Å². The Bertz CT molecular complexity index is 228. The molecular formula is C14H28N2O. The first-order valence-electron chi connectivity index (χ1n) is 7.18. The first-order valence-corrected chi connectivity index (χ1v) is 7.18. The van der Waals surface area contributed by atoms with Crippen LogP contribution < -0.4 is 0 Å². The lowest BCUT2D eigenvalue weighted by atomic mass is 10.1. The van der Waals surface area contributed by atoms with Crippen LogP contribution in [0.1, 0.15) is 58.8 Å². The Labute approximate surface area is 106 Å². The molecule has 100 valence electrons.